The van der Waals surface area contributed by atoms with Crippen molar-refractivity contribution in [2.45, 2.75) is 0 Å². The number of benzene rings is 1. The molecule has 0 fully saturated rings. The maximum Gasteiger partial charge on any atom is 0.0178 e. The average molecular weight is 178 g/mol. The SMILES string of the molecule is Fc1[c-]ccc(F)c1.[Zn]. The van der Waals surface area contributed by atoms with Gasteiger partial charge in [0.05, 0.1) is 0 Å². The molecule has 0 spiro atoms. The molecule has 0 N–H and O–H groups in total. The van der Waals surface area contributed by atoms with Crippen molar-refractivity contribution in [2.75, 3.05) is 0 Å². The van der Waals surface area contributed by atoms with Crippen molar-refractivity contribution in [3.63, 3.8) is 0 Å². The summed E-state index contributed by atoms with van der Waals surface area (Å²) in [4.78, 5) is 0. The van der Waals surface area contributed by atoms with Crippen molar-refractivity contribution in [1.82, 2.24) is 0 Å². The van der Waals surface area contributed by atoms with Crippen LogP contribution in [0.1, 0.15) is 0 Å². The molecular weight excluding hydrogens is 175 g/mol. The van der Waals surface area contributed by atoms with Gasteiger partial charge in [-0.05, 0) is 0 Å². The van der Waals surface area contributed by atoms with Gasteiger partial charge in [0.1, 0.15) is 0 Å². The number of hydrogen-bond acceptors (Lipinski definition) is 0. The van der Waals surface area contributed by atoms with Gasteiger partial charge in [0.2, 0.25) is 0 Å². The van der Waals surface area contributed by atoms with Gasteiger partial charge in [0.25, 0.3) is 0 Å². The van der Waals surface area contributed by atoms with E-state index < -0.39 is 11.6 Å². The van der Waals surface area contributed by atoms with E-state index in [1.54, 1.807) is 0 Å². The summed E-state index contributed by atoms with van der Waals surface area (Å²) in [7, 11) is 0. The molecule has 0 radical (unpaired) electrons. The maximum absolute atomic E-state index is 11.9. The minimum Gasteiger partial charge on any atom is -0.236 e. The van der Waals surface area contributed by atoms with Crippen LogP contribution >= 0.6 is 0 Å². The molecule has 1 rings (SSSR count). The molecule has 0 bridgehead atoms. The Morgan fingerprint density at radius 2 is 2.00 bits per heavy atom. The third kappa shape index (κ3) is 2.66. The second kappa shape index (κ2) is 3.68. The fourth-order valence-electron chi connectivity index (χ4n) is 0.412. The average Bonchev–Trinajstić information content (AvgIpc) is 1.64. The Bertz CT molecular complexity index is 171. The molecule has 0 nitrogen and oxygen atoms in total. The molecule has 0 aliphatic heterocycles. The molecule has 0 saturated heterocycles. The van der Waals surface area contributed by atoms with Gasteiger partial charge in [-0.3, -0.25) is 0 Å². The van der Waals surface area contributed by atoms with E-state index in [0.717, 1.165) is 12.1 Å². The van der Waals surface area contributed by atoms with Crippen LogP contribution in [0, 0.1) is 17.7 Å². The fourth-order valence-corrected chi connectivity index (χ4v) is 0.412. The summed E-state index contributed by atoms with van der Waals surface area (Å²) in [5.41, 5.74) is 0. The molecule has 0 aromatic heterocycles. The minimum absolute atomic E-state index is 0. The second-order valence-electron chi connectivity index (χ2n) is 1.35. The van der Waals surface area contributed by atoms with Crippen LogP contribution in [0.3, 0.4) is 0 Å². The first-order valence-corrected chi connectivity index (χ1v) is 2.12. The molecule has 0 heterocycles. The zero-order valence-electron chi connectivity index (χ0n) is 4.70. The Morgan fingerprint density at radius 3 is 2.33 bits per heavy atom. The van der Waals surface area contributed by atoms with Crippen LogP contribution in [0.15, 0.2) is 18.2 Å². The van der Waals surface area contributed by atoms with Crippen molar-refractivity contribution in [3.05, 3.63) is 35.9 Å². The van der Waals surface area contributed by atoms with Gasteiger partial charge < -0.3 is 0 Å². The van der Waals surface area contributed by atoms with Crippen LogP contribution < -0.4 is 0 Å². The summed E-state index contributed by atoms with van der Waals surface area (Å²) < 4.78 is 23.8. The predicted molar refractivity (Wildman–Crippen MR) is 25.2 cm³/mol. The summed E-state index contributed by atoms with van der Waals surface area (Å²) >= 11 is 0. The van der Waals surface area contributed by atoms with Crippen molar-refractivity contribution in [1.29, 1.82) is 0 Å². The van der Waals surface area contributed by atoms with Gasteiger partial charge in [-0.15, -0.1) is 18.2 Å². The third-order valence-electron chi connectivity index (χ3n) is 0.728. The third-order valence-corrected chi connectivity index (χ3v) is 0.728. The van der Waals surface area contributed by atoms with Gasteiger partial charge in [-0.25, -0.2) is 8.78 Å². The van der Waals surface area contributed by atoms with E-state index in [0.29, 0.717) is 0 Å². The second-order valence-corrected chi connectivity index (χ2v) is 1.35. The fraction of sp³-hybridized carbons (Fsp3) is 0. The molecule has 0 aliphatic carbocycles. The van der Waals surface area contributed by atoms with Crippen LogP contribution in [-0.2, 0) is 19.5 Å². The van der Waals surface area contributed by atoms with Gasteiger partial charge in [0.15, 0.2) is 0 Å². The Hall–Kier alpha value is -0.297. The Morgan fingerprint density at radius 1 is 1.33 bits per heavy atom. The predicted octanol–water partition coefficient (Wildman–Crippen LogP) is 1.76. The summed E-state index contributed by atoms with van der Waals surface area (Å²) in [6, 6.07) is 5.28. The van der Waals surface area contributed by atoms with E-state index in [1.165, 1.54) is 6.07 Å². The summed E-state index contributed by atoms with van der Waals surface area (Å²) in [6.45, 7) is 0. The molecule has 9 heavy (non-hydrogen) atoms. The molecule has 3 heteroatoms. The van der Waals surface area contributed by atoms with Crippen LogP contribution in [0.5, 0.6) is 0 Å². The maximum atomic E-state index is 11.9. The molecule has 1 aromatic rings. The number of hydrogen-bond donors (Lipinski definition) is 0. The first-order valence-electron chi connectivity index (χ1n) is 2.12. The molecule has 0 aliphatic rings. The first kappa shape index (κ1) is 8.70. The van der Waals surface area contributed by atoms with Crippen LogP contribution in [0.25, 0.3) is 0 Å². The van der Waals surface area contributed by atoms with E-state index in [1.807, 2.05) is 0 Å². The Balaban J connectivity index is 0.000000640. The molecule has 0 unspecified atom stereocenters. The number of halogens is 2. The number of rotatable bonds is 0. The summed E-state index contributed by atoms with van der Waals surface area (Å²) in [5.74, 6) is -1.23. The Kier molecular flexibility index (Phi) is 3.56. The molecular formula is C6H3F2Zn-. The summed E-state index contributed by atoms with van der Waals surface area (Å²) in [5, 5.41) is 0. The van der Waals surface area contributed by atoms with E-state index in [9.17, 15) is 8.78 Å². The van der Waals surface area contributed by atoms with Crippen LogP contribution in [0.4, 0.5) is 8.78 Å². The van der Waals surface area contributed by atoms with Crippen molar-refractivity contribution >= 4 is 0 Å². The smallest absolute Gasteiger partial charge is 0.0178 e. The molecule has 0 atom stereocenters. The molecule has 0 amide bonds. The van der Waals surface area contributed by atoms with E-state index in [4.69, 9.17) is 0 Å². The van der Waals surface area contributed by atoms with Gasteiger partial charge in [-0.1, -0.05) is 0 Å². The molecule has 1 aromatic carbocycles. The van der Waals surface area contributed by atoms with E-state index in [-0.39, 0.29) is 19.5 Å². The van der Waals surface area contributed by atoms with E-state index in [2.05, 4.69) is 6.07 Å². The van der Waals surface area contributed by atoms with Gasteiger partial charge in [0, 0.05) is 31.1 Å². The van der Waals surface area contributed by atoms with Crippen LogP contribution in [0.2, 0.25) is 0 Å². The zero-order valence-corrected chi connectivity index (χ0v) is 7.66. The van der Waals surface area contributed by atoms with Crippen molar-refractivity contribution in [2.24, 2.45) is 0 Å². The van der Waals surface area contributed by atoms with Gasteiger partial charge >= 0.3 is 0 Å². The van der Waals surface area contributed by atoms with Gasteiger partial charge in [-0.2, -0.15) is 6.07 Å². The first-order chi connectivity index (χ1) is 3.79. The largest absolute Gasteiger partial charge is 0.236 e. The Labute approximate surface area is 64.6 Å². The summed E-state index contributed by atoms with van der Waals surface area (Å²) in [6.07, 6.45) is 0. The van der Waals surface area contributed by atoms with Crippen molar-refractivity contribution in [3.8, 4) is 0 Å². The minimum atomic E-state index is -0.662. The molecule has 44 valence electrons. The quantitative estimate of drug-likeness (QED) is 0.420. The van der Waals surface area contributed by atoms with E-state index >= 15 is 0 Å². The normalized spacial score (nSPS) is 8.22. The molecule has 0 saturated carbocycles. The zero-order chi connectivity index (χ0) is 5.98. The monoisotopic (exact) mass is 177 g/mol. The van der Waals surface area contributed by atoms with Crippen LogP contribution in [-0.4, -0.2) is 0 Å². The van der Waals surface area contributed by atoms with Crippen molar-refractivity contribution < 1.29 is 28.3 Å². The standard InChI is InChI=1S/C6H3F2.Zn/c7-5-2-1-3-6(8)4-5;/h1-2,4H;/q-1;. The topological polar surface area (TPSA) is 0 Å².